The fourth-order valence-electron chi connectivity index (χ4n) is 3.66. The zero-order valence-electron chi connectivity index (χ0n) is 16.9. The van der Waals surface area contributed by atoms with Gasteiger partial charge in [-0.2, -0.15) is 13.2 Å². The molecule has 11 heteroatoms. The molecule has 1 aromatic carbocycles. The minimum Gasteiger partial charge on any atom is -0.496 e. The second-order valence-electron chi connectivity index (χ2n) is 7.41. The van der Waals surface area contributed by atoms with Crippen molar-refractivity contribution in [2.24, 2.45) is 5.92 Å². The van der Waals surface area contributed by atoms with E-state index in [1.165, 1.54) is 19.2 Å². The van der Waals surface area contributed by atoms with Gasteiger partial charge in [-0.3, -0.25) is 9.59 Å². The van der Waals surface area contributed by atoms with Gasteiger partial charge in [-0.25, -0.2) is 13.8 Å². The molecule has 2 atom stereocenters. The third-order valence-electron chi connectivity index (χ3n) is 5.20. The Morgan fingerprint density at radius 2 is 1.88 bits per heavy atom. The highest BCUT2D eigenvalue weighted by Crippen LogP contribution is 2.34. The molecule has 2 unspecified atom stereocenters. The number of aromatic nitrogens is 1. The molecule has 1 aromatic heterocycles. The van der Waals surface area contributed by atoms with E-state index < -0.39 is 41.6 Å². The monoisotopic (exact) mass is 457 g/mol. The van der Waals surface area contributed by atoms with E-state index >= 15 is 0 Å². The molecule has 1 aliphatic rings. The van der Waals surface area contributed by atoms with E-state index in [0.29, 0.717) is 19.3 Å². The maximum atomic E-state index is 14.4. The summed E-state index contributed by atoms with van der Waals surface area (Å²) in [6, 6.07) is 4.02. The third-order valence-corrected chi connectivity index (χ3v) is 5.20. The summed E-state index contributed by atoms with van der Waals surface area (Å²) in [4.78, 5) is 27.6. The summed E-state index contributed by atoms with van der Waals surface area (Å²) in [7, 11) is 1.30. The van der Waals surface area contributed by atoms with Gasteiger partial charge in [0.1, 0.15) is 23.2 Å². The zero-order chi connectivity index (χ0) is 23.5. The Morgan fingerprint density at radius 1 is 1.12 bits per heavy atom. The molecule has 1 fully saturated rings. The number of alkyl halides is 3. The smallest absolute Gasteiger partial charge is 0.471 e. The van der Waals surface area contributed by atoms with Crippen LogP contribution in [0, 0.1) is 17.6 Å². The summed E-state index contributed by atoms with van der Waals surface area (Å²) in [6.07, 6.45) is -2.87. The number of methoxy groups -OCH3 is 1. The van der Waals surface area contributed by atoms with E-state index in [1.807, 2.05) is 5.32 Å². The molecule has 1 saturated carbocycles. The number of pyridine rings is 1. The minimum atomic E-state index is -4.99. The molecule has 1 heterocycles. The average molecular weight is 457 g/mol. The number of rotatable bonds is 5. The first-order chi connectivity index (χ1) is 15.1. The van der Waals surface area contributed by atoms with Crippen LogP contribution in [0.5, 0.6) is 5.75 Å². The summed E-state index contributed by atoms with van der Waals surface area (Å²) in [5.41, 5.74) is 0.267. The van der Waals surface area contributed by atoms with E-state index in [0.717, 1.165) is 18.3 Å². The van der Waals surface area contributed by atoms with Gasteiger partial charge in [0.25, 0.3) is 0 Å². The molecule has 0 saturated heterocycles. The molecule has 6 nitrogen and oxygen atoms in total. The van der Waals surface area contributed by atoms with Gasteiger partial charge in [0.15, 0.2) is 0 Å². The largest absolute Gasteiger partial charge is 0.496 e. The second kappa shape index (κ2) is 9.49. The quantitative estimate of drug-likeness (QED) is 0.660. The summed E-state index contributed by atoms with van der Waals surface area (Å²) >= 11 is 0. The van der Waals surface area contributed by atoms with Gasteiger partial charge >= 0.3 is 12.1 Å². The predicted octanol–water partition coefficient (Wildman–Crippen LogP) is 4.21. The molecule has 0 radical (unpaired) electrons. The van der Waals surface area contributed by atoms with E-state index in [4.69, 9.17) is 4.74 Å². The lowest BCUT2D eigenvalue weighted by molar-refractivity contribution is -0.174. The fourth-order valence-corrected chi connectivity index (χ4v) is 3.66. The van der Waals surface area contributed by atoms with E-state index in [1.54, 1.807) is 0 Å². The van der Waals surface area contributed by atoms with Crippen LogP contribution in [0.4, 0.5) is 27.8 Å². The molecule has 0 aliphatic heterocycles. The maximum Gasteiger partial charge on any atom is 0.471 e. The summed E-state index contributed by atoms with van der Waals surface area (Å²) < 4.78 is 70.3. The number of carbonyl (C=O) groups excluding carboxylic acids is 2. The van der Waals surface area contributed by atoms with Gasteiger partial charge in [-0.15, -0.1) is 0 Å². The number of carbonyl (C=O) groups is 2. The van der Waals surface area contributed by atoms with Crippen molar-refractivity contribution in [3.63, 3.8) is 0 Å². The van der Waals surface area contributed by atoms with Crippen molar-refractivity contribution in [1.82, 2.24) is 10.3 Å². The zero-order valence-corrected chi connectivity index (χ0v) is 16.9. The van der Waals surface area contributed by atoms with Crippen molar-refractivity contribution in [2.45, 2.75) is 37.9 Å². The van der Waals surface area contributed by atoms with Crippen molar-refractivity contribution in [1.29, 1.82) is 0 Å². The molecule has 2 amide bonds. The number of halogens is 5. The third kappa shape index (κ3) is 5.51. The van der Waals surface area contributed by atoms with Crippen LogP contribution >= 0.6 is 0 Å². The summed E-state index contributed by atoms with van der Waals surface area (Å²) in [5.74, 6) is -4.40. The Labute approximate surface area is 180 Å². The van der Waals surface area contributed by atoms with Crippen LogP contribution in [0.3, 0.4) is 0 Å². The molecule has 0 bridgehead atoms. The van der Waals surface area contributed by atoms with Crippen molar-refractivity contribution >= 4 is 17.6 Å². The highest BCUT2D eigenvalue weighted by atomic mass is 19.4. The van der Waals surface area contributed by atoms with Gasteiger partial charge < -0.3 is 15.4 Å². The topological polar surface area (TPSA) is 80.3 Å². The van der Waals surface area contributed by atoms with E-state index in [-0.39, 0.29) is 29.1 Å². The molecule has 2 aromatic rings. The number of hydrogen-bond donors (Lipinski definition) is 2. The normalized spacial score (nSPS) is 18.7. The fraction of sp³-hybridized carbons (Fsp3) is 0.381. The minimum absolute atomic E-state index is 0.0132. The number of amides is 2. The first-order valence-corrected chi connectivity index (χ1v) is 9.76. The van der Waals surface area contributed by atoms with Gasteiger partial charge in [0.2, 0.25) is 5.91 Å². The van der Waals surface area contributed by atoms with E-state index in [2.05, 4.69) is 10.3 Å². The van der Waals surface area contributed by atoms with Crippen molar-refractivity contribution in [3.05, 3.63) is 42.1 Å². The molecule has 3 rings (SSSR count). The molecular formula is C21H20F5N3O3. The van der Waals surface area contributed by atoms with Gasteiger partial charge in [-0.05, 0) is 37.5 Å². The van der Waals surface area contributed by atoms with E-state index in [9.17, 15) is 31.5 Å². The Morgan fingerprint density at radius 3 is 2.56 bits per heavy atom. The molecule has 172 valence electrons. The lowest BCUT2D eigenvalue weighted by atomic mass is 9.85. The highest BCUT2D eigenvalue weighted by molar-refractivity contribution is 5.92. The number of ether oxygens (including phenoxy) is 1. The average Bonchev–Trinajstić information content (AvgIpc) is 2.74. The van der Waals surface area contributed by atoms with Crippen LogP contribution in [0.25, 0.3) is 11.1 Å². The Bertz CT molecular complexity index is 1010. The van der Waals surface area contributed by atoms with Crippen LogP contribution in [0.15, 0.2) is 30.5 Å². The van der Waals surface area contributed by atoms with Gasteiger partial charge in [0, 0.05) is 29.2 Å². The number of anilines is 1. The second-order valence-corrected chi connectivity index (χ2v) is 7.41. The lowest BCUT2D eigenvalue weighted by Gasteiger charge is -2.29. The number of hydrogen-bond acceptors (Lipinski definition) is 4. The lowest BCUT2D eigenvalue weighted by Crippen LogP contribution is -2.46. The molecule has 32 heavy (non-hydrogen) atoms. The summed E-state index contributed by atoms with van der Waals surface area (Å²) in [6.45, 7) is 0. The predicted molar refractivity (Wildman–Crippen MR) is 105 cm³/mol. The Hall–Kier alpha value is -3.24. The highest BCUT2D eigenvalue weighted by Gasteiger charge is 2.40. The Balaban J connectivity index is 1.73. The van der Waals surface area contributed by atoms with Crippen LogP contribution in [0.2, 0.25) is 0 Å². The maximum absolute atomic E-state index is 14.4. The first kappa shape index (κ1) is 23.4. The standard InChI is InChI=1S/C21H20F5N3O3/c1-32-17-8-12(22)5-6-14(17)15-9-18(27-10-16(15)23)29-19(30)11-3-2-4-13(7-11)28-20(31)21(24,25)26/h5-6,8-11,13H,2-4,7H2,1H3,(H,28,31)(H,27,29,30). The van der Waals surface area contributed by atoms with Crippen LogP contribution < -0.4 is 15.4 Å². The number of nitrogens with zero attached hydrogens (tertiary/aromatic N) is 1. The van der Waals surface area contributed by atoms with Crippen LogP contribution in [0.1, 0.15) is 25.7 Å². The molecule has 0 spiro atoms. The molecular weight excluding hydrogens is 437 g/mol. The van der Waals surface area contributed by atoms with Crippen LogP contribution in [-0.2, 0) is 9.59 Å². The van der Waals surface area contributed by atoms with Crippen molar-refractivity contribution in [2.75, 3.05) is 12.4 Å². The SMILES string of the molecule is COc1cc(F)ccc1-c1cc(NC(=O)C2CCCC(NC(=O)C(F)(F)F)C2)ncc1F. The summed E-state index contributed by atoms with van der Waals surface area (Å²) in [5, 5.41) is 4.44. The van der Waals surface area contributed by atoms with Gasteiger partial charge in [-0.1, -0.05) is 6.42 Å². The van der Waals surface area contributed by atoms with Crippen LogP contribution in [-0.4, -0.2) is 36.1 Å². The van der Waals surface area contributed by atoms with Gasteiger partial charge in [0.05, 0.1) is 13.3 Å². The first-order valence-electron chi connectivity index (χ1n) is 9.76. The number of benzene rings is 1. The molecule has 2 N–H and O–H groups in total. The number of nitrogens with one attached hydrogen (secondary N) is 2. The van der Waals surface area contributed by atoms with Crippen molar-refractivity contribution in [3.8, 4) is 16.9 Å². The molecule has 1 aliphatic carbocycles. The van der Waals surface area contributed by atoms with Crippen molar-refractivity contribution < 1.29 is 36.3 Å². The Kier molecular flexibility index (Phi) is 6.95.